The number of carbonyl (C=O) groups is 1. The molecule has 66 valence electrons. The third-order valence-corrected chi connectivity index (χ3v) is 1.96. The molecule has 0 saturated heterocycles. The van der Waals surface area contributed by atoms with Crippen molar-refractivity contribution in [2.24, 2.45) is 11.8 Å². The summed E-state index contributed by atoms with van der Waals surface area (Å²) in [6, 6.07) is 0. The number of hydrogen-bond acceptors (Lipinski definition) is 1. The molecule has 1 rings (SSSR count). The van der Waals surface area contributed by atoms with Gasteiger partial charge >= 0.3 is 0 Å². The van der Waals surface area contributed by atoms with E-state index in [9.17, 15) is 4.79 Å². The van der Waals surface area contributed by atoms with Crippen molar-refractivity contribution < 1.29 is 4.79 Å². The summed E-state index contributed by atoms with van der Waals surface area (Å²) in [5.41, 5.74) is 2.47. The van der Waals surface area contributed by atoms with E-state index in [0.29, 0.717) is 5.78 Å². The fourth-order valence-electron chi connectivity index (χ4n) is 1.37. The van der Waals surface area contributed by atoms with Gasteiger partial charge in [0.05, 0.1) is 0 Å². The summed E-state index contributed by atoms with van der Waals surface area (Å²) in [4.78, 5) is 11.2. The molecule has 0 radical (unpaired) electrons. The van der Waals surface area contributed by atoms with Gasteiger partial charge in [0.2, 0.25) is 0 Å². The molecule has 0 heterocycles. The summed E-state index contributed by atoms with van der Waals surface area (Å²) in [5.74, 6) is 0.743. The maximum atomic E-state index is 11.2. The van der Waals surface area contributed by atoms with Crippen molar-refractivity contribution in [3.8, 4) is 0 Å². The van der Waals surface area contributed by atoms with Gasteiger partial charge in [-0.2, -0.15) is 0 Å². The summed E-state index contributed by atoms with van der Waals surface area (Å²) in [6.45, 7) is 8.13. The van der Waals surface area contributed by atoms with E-state index < -0.39 is 0 Å². The van der Waals surface area contributed by atoms with Gasteiger partial charge in [-0.05, 0) is 27.7 Å². The lowest BCUT2D eigenvalue weighted by molar-refractivity contribution is -0.111. The molecule has 0 spiro atoms. The van der Waals surface area contributed by atoms with E-state index in [2.05, 4.69) is 12.2 Å². The molecule has 2 atom stereocenters. The van der Waals surface area contributed by atoms with Gasteiger partial charge in [0.15, 0.2) is 0 Å². The molecule has 0 N–H and O–H groups in total. The first-order chi connectivity index (χ1) is 5.52. The van der Waals surface area contributed by atoms with Gasteiger partial charge in [-0.1, -0.05) is 23.3 Å². The van der Waals surface area contributed by atoms with Gasteiger partial charge in [0.25, 0.3) is 0 Å². The van der Waals surface area contributed by atoms with Gasteiger partial charge in [-0.3, -0.25) is 4.79 Å². The topological polar surface area (TPSA) is 17.1 Å². The maximum absolute atomic E-state index is 11.2. The van der Waals surface area contributed by atoms with Crippen LogP contribution in [-0.2, 0) is 4.79 Å². The number of hydrogen-bond donors (Lipinski definition) is 0. The first kappa shape index (κ1) is 9.24. The number of ketones is 1. The molecule has 1 aliphatic carbocycles. The third-order valence-electron chi connectivity index (χ3n) is 1.96. The molecule has 1 heteroatoms. The lowest BCUT2D eigenvalue weighted by atomic mass is 10.2. The quantitative estimate of drug-likeness (QED) is 0.573. The van der Waals surface area contributed by atoms with Crippen LogP contribution in [0.5, 0.6) is 0 Å². The average Bonchev–Trinajstić information content (AvgIpc) is 2.43. The highest BCUT2D eigenvalue weighted by Gasteiger charge is 2.45. The van der Waals surface area contributed by atoms with Gasteiger partial charge in [0.1, 0.15) is 5.78 Å². The van der Waals surface area contributed by atoms with Crippen LogP contribution in [0.15, 0.2) is 23.3 Å². The van der Waals surface area contributed by atoms with Crippen LogP contribution < -0.4 is 0 Å². The molecule has 2 unspecified atom stereocenters. The van der Waals surface area contributed by atoms with Crippen molar-refractivity contribution in [3.63, 3.8) is 0 Å². The van der Waals surface area contributed by atoms with Crippen molar-refractivity contribution in [3.05, 3.63) is 23.3 Å². The smallest absolute Gasteiger partial charge is 0.148 e. The van der Waals surface area contributed by atoms with E-state index in [4.69, 9.17) is 0 Å². The highest BCUT2D eigenvalue weighted by Crippen LogP contribution is 2.37. The highest BCUT2D eigenvalue weighted by molar-refractivity contribution is 6.02. The van der Waals surface area contributed by atoms with E-state index in [-0.39, 0.29) is 11.8 Å². The molecule has 0 aromatic carbocycles. The van der Waals surface area contributed by atoms with Crippen molar-refractivity contribution in [2.45, 2.75) is 27.7 Å². The maximum Gasteiger partial charge on any atom is 0.148 e. The molecule has 0 aromatic rings. The first-order valence-corrected chi connectivity index (χ1v) is 4.36. The average molecular weight is 164 g/mol. The summed E-state index contributed by atoms with van der Waals surface area (Å²) >= 11 is 0. The fourth-order valence-corrected chi connectivity index (χ4v) is 1.37. The van der Waals surface area contributed by atoms with Crippen molar-refractivity contribution >= 4 is 5.78 Å². The fraction of sp³-hybridized carbons (Fsp3) is 0.545. The molecule has 1 aliphatic rings. The number of rotatable bonds is 2. The third kappa shape index (κ3) is 2.07. The molecule has 1 fully saturated rings. The monoisotopic (exact) mass is 164 g/mol. The zero-order chi connectivity index (χ0) is 9.30. The zero-order valence-corrected chi connectivity index (χ0v) is 8.22. The molecule has 0 aromatic heterocycles. The predicted molar refractivity (Wildman–Crippen MR) is 50.8 cm³/mol. The van der Waals surface area contributed by atoms with Crippen LogP contribution in [0.3, 0.4) is 0 Å². The summed E-state index contributed by atoms with van der Waals surface area (Å²) in [6.07, 6.45) is 4.12. The van der Waals surface area contributed by atoms with Crippen molar-refractivity contribution in [2.75, 3.05) is 0 Å². The molecular formula is C11H16O. The van der Waals surface area contributed by atoms with E-state index >= 15 is 0 Å². The Morgan fingerprint density at radius 1 is 1.00 bits per heavy atom. The number of Topliss-reactive ketones (excluding diaryl/α,β-unsaturated/α-hetero) is 1. The van der Waals surface area contributed by atoms with Crippen LogP contribution in [0.4, 0.5) is 0 Å². The van der Waals surface area contributed by atoms with E-state index in [0.717, 1.165) is 0 Å². The lowest BCUT2D eigenvalue weighted by Gasteiger charge is -1.87. The van der Waals surface area contributed by atoms with Crippen LogP contribution in [0.25, 0.3) is 0 Å². The second-order valence-corrected chi connectivity index (χ2v) is 3.94. The summed E-state index contributed by atoms with van der Waals surface area (Å²) < 4.78 is 0. The van der Waals surface area contributed by atoms with E-state index in [1.54, 1.807) is 0 Å². The Morgan fingerprint density at radius 3 is 1.58 bits per heavy atom. The Labute approximate surface area is 74.2 Å². The first-order valence-electron chi connectivity index (χ1n) is 4.36. The molecule has 0 aliphatic heterocycles. The van der Waals surface area contributed by atoms with E-state index in [1.165, 1.54) is 11.1 Å². The van der Waals surface area contributed by atoms with Gasteiger partial charge in [-0.25, -0.2) is 0 Å². The Hall–Kier alpha value is -0.850. The SMILES string of the molecule is CC(C)=CC1C(=O)C1C=C(C)C. The van der Waals surface area contributed by atoms with Crippen LogP contribution >= 0.6 is 0 Å². The second-order valence-electron chi connectivity index (χ2n) is 3.94. The Balaban J connectivity index is 2.61. The van der Waals surface area contributed by atoms with Gasteiger partial charge in [0, 0.05) is 11.8 Å². The Bertz CT molecular complexity index is 224. The standard InChI is InChI=1S/C11H16O/c1-7(2)5-9-10(11(9)12)6-8(3)4/h5-6,9-10H,1-4H3. The van der Waals surface area contributed by atoms with E-state index in [1.807, 2.05) is 27.7 Å². The Kier molecular flexibility index (Phi) is 2.51. The van der Waals surface area contributed by atoms with Crippen molar-refractivity contribution in [1.29, 1.82) is 0 Å². The minimum absolute atomic E-state index is 0.185. The Morgan fingerprint density at radius 2 is 1.33 bits per heavy atom. The van der Waals surface area contributed by atoms with Crippen LogP contribution in [0.1, 0.15) is 27.7 Å². The molecule has 1 saturated carbocycles. The lowest BCUT2D eigenvalue weighted by Crippen LogP contribution is -1.75. The molecule has 12 heavy (non-hydrogen) atoms. The van der Waals surface area contributed by atoms with Crippen LogP contribution in [-0.4, -0.2) is 5.78 Å². The van der Waals surface area contributed by atoms with Crippen molar-refractivity contribution in [1.82, 2.24) is 0 Å². The van der Waals surface area contributed by atoms with Crippen LogP contribution in [0.2, 0.25) is 0 Å². The minimum Gasteiger partial charge on any atom is -0.298 e. The molecule has 1 nitrogen and oxygen atoms in total. The second kappa shape index (κ2) is 3.26. The normalized spacial score (nSPS) is 26.5. The molecule has 0 bridgehead atoms. The summed E-state index contributed by atoms with van der Waals surface area (Å²) in [7, 11) is 0. The minimum atomic E-state index is 0.185. The molecule has 0 amide bonds. The number of allylic oxidation sites excluding steroid dienone is 4. The molecular weight excluding hydrogens is 148 g/mol. The summed E-state index contributed by atoms with van der Waals surface area (Å²) in [5, 5.41) is 0. The largest absolute Gasteiger partial charge is 0.298 e. The number of carbonyl (C=O) groups excluding carboxylic acids is 1. The zero-order valence-electron chi connectivity index (χ0n) is 8.22. The van der Waals surface area contributed by atoms with Gasteiger partial charge in [-0.15, -0.1) is 0 Å². The van der Waals surface area contributed by atoms with Crippen LogP contribution in [0, 0.1) is 11.8 Å². The highest BCUT2D eigenvalue weighted by atomic mass is 16.1. The predicted octanol–water partition coefficient (Wildman–Crippen LogP) is 2.73. The van der Waals surface area contributed by atoms with Gasteiger partial charge < -0.3 is 0 Å².